The minimum absolute atomic E-state index is 1.02. The minimum atomic E-state index is 1.02. The molecule has 2 aliphatic rings. The van der Waals surface area contributed by atoms with Gasteiger partial charge in [-0.15, -0.1) is 0 Å². The molecule has 1 heterocycles. The first-order valence-electron chi connectivity index (χ1n) is 6.16. The summed E-state index contributed by atoms with van der Waals surface area (Å²) in [7, 11) is 0. The smallest absolute Gasteiger partial charge is 0.00200 e. The zero-order chi connectivity index (χ0) is 8.93. The molecule has 1 heteroatoms. The Kier molecular flexibility index (Phi) is 3.65. The van der Waals surface area contributed by atoms with Crippen LogP contribution >= 0.6 is 0 Å². The van der Waals surface area contributed by atoms with Crippen LogP contribution in [0.5, 0.6) is 0 Å². The van der Waals surface area contributed by atoms with Crippen LogP contribution in [-0.2, 0) is 0 Å². The largest absolute Gasteiger partial charge is 0.316 e. The van der Waals surface area contributed by atoms with Crippen molar-refractivity contribution in [3.63, 3.8) is 0 Å². The molecule has 13 heavy (non-hydrogen) atoms. The zero-order valence-electron chi connectivity index (χ0n) is 8.73. The van der Waals surface area contributed by atoms with Crippen LogP contribution < -0.4 is 5.32 Å². The molecular weight excluding hydrogens is 158 g/mol. The lowest BCUT2D eigenvalue weighted by atomic mass is 9.84. The summed E-state index contributed by atoms with van der Waals surface area (Å²) < 4.78 is 0. The second-order valence-electron chi connectivity index (χ2n) is 4.94. The van der Waals surface area contributed by atoms with E-state index < -0.39 is 0 Å². The Balaban J connectivity index is 1.60. The van der Waals surface area contributed by atoms with Crippen molar-refractivity contribution in [3.8, 4) is 0 Å². The molecule has 0 unspecified atom stereocenters. The van der Waals surface area contributed by atoms with E-state index in [1.54, 1.807) is 0 Å². The number of rotatable bonds is 3. The predicted octanol–water partition coefficient (Wildman–Crippen LogP) is 2.96. The first-order valence-corrected chi connectivity index (χ1v) is 6.16. The highest BCUT2D eigenvalue weighted by molar-refractivity contribution is 4.73. The molecule has 1 atom stereocenters. The van der Waals surface area contributed by atoms with Crippen LogP contribution in [-0.4, -0.2) is 13.1 Å². The highest BCUT2D eigenvalue weighted by Gasteiger charge is 2.18. The Morgan fingerprint density at radius 1 is 0.846 bits per heavy atom. The van der Waals surface area contributed by atoms with E-state index in [9.17, 15) is 0 Å². The Morgan fingerprint density at radius 3 is 2.31 bits per heavy atom. The van der Waals surface area contributed by atoms with E-state index >= 15 is 0 Å². The molecule has 0 aromatic carbocycles. The van der Waals surface area contributed by atoms with E-state index in [2.05, 4.69) is 5.32 Å². The first-order chi connectivity index (χ1) is 6.45. The van der Waals surface area contributed by atoms with Crippen molar-refractivity contribution in [1.82, 2.24) is 5.32 Å². The van der Waals surface area contributed by atoms with E-state index in [0.717, 1.165) is 11.8 Å². The van der Waals surface area contributed by atoms with Gasteiger partial charge in [0, 0.05) is 0 Å². The number of nitrogens with one attached hydrogen (secondary N) is 1. The van der Waals surface area contributed by atoms with Gasteiger partial charge in [0.05, 0.1) is 0 Å². The van der Waals surface area contributed by atoms with Gasteiger partial charge >= 0.3 is 0 Å². The van der Waals surface area contributed by atoms with E-state index in [-0.39, 0.29) is 0 Å². The van der Waals surface area contributed by atoms with Crippen LogP contribution in [0, 0.1) is 11.8 Å². The van der Waals surface area contributed by atoms with Gasteiger partial charge in [0.1, 0.15) is 0 Å². The van der Waals surface area contributed by atoms with Gasteiger partial charge in [0.2, 0.25) is 0 Å². The van der Waals surface area contributed by atoms with Crippen molar-refractivity contribution < 1.29 is 0 Å². The summed E-state index contributed by atoms with van der Waals surface area (Å²) in [6.07, 6.45) is 12.0. The van der Waals surface area contributed by atoms with E-state index in [4.69, 9.17) is 0 Å². The molecule has 0 aromatic rings. The number of hydrogen-bond acceptors (Lipinski definition) is 1. The highest BCUT2D eigenvalue weighted by Crippen LogP contribution is 2.29. The van der Waals surface area contributed by atoms with Crippen molar-refractivity contribution in [1.29, 1.82) is 0 Å². The third-order valence-corrected chi connectivity index (χ3v) is 3.87. The molecule has 1 nitrogen and oxygen atoms in total. The van der Waals surface area contributed by atoms with E-state index in [0.29, 0.717) is 0 Å². The van der Waals surface area contributed by atoms with Crippen LogP contribution in [0.4, 0.5) is 0 Å². The second kappa shape index (κ2) is 4.99. The van der Waals surface area contributed by atoms with Crippen LogP contribution in [0.1, 0.15) is 51.4 Å². The fourth-order valence-electron chi connectivity index (χ4n) is 2.91. The number of hydrogen-bond donors (Lipinski definition) is 1. The summed E-state index contributed by atoms with van der Waals surface area (Å²) in [6, 6.07) is 0. The molecule has 1 aliphatic heterocycles. The standard InChI is InChI=1S/C12H23N/c1-2-4-11(5-3-1)6-7-12-8-9-13-10-12/h11-13H,1-10H2/t12-/m1/s1. The third-order valence-electron chi connectivity index (χ3n) is 3.87. The average molecular weight is 181 g/mol. The van der Waals surface area contributed by atoms with Crippen LogP contribution in [0.25, 0.3) is 0 Å². The highest BCUT2D eigenvalue weighted by atomic mass is 14.9. The van der Waals surface area contributed by atoms with Gasteiger partial charge in [-0.25, -0.2) is 0 Å². The summed E-state index contributed by atoms with van der Waals surface area (Å²) in [5.41, 5.74) is 0. The topological polar surface area (TPSA) is 12.0 Å². The first kappa shape index (κ1) is 9.51. The summed E-state index contributed by atoms with van der Waals surface area (Å²) in [4.78, 5) is 0. The summed E-state index contributed by atoms with van der Waals surface area (Å²) in [5.74, 6) is 2.11. The molecule has 0 amide bonds. The summed E-state index contributed by atoms with van der Waals surface area (Å²) in [5, 5.41) is 3.46. The van der Waals surface area contributed by atoms with Crippen molar-refractivity contribution in [2.75, 3.05) is 13.1 Å². The summed E-state index contributed by atoms with van der Waals surface area (Å²) >= 11 is 0. The molecular formula is C12H23N. The maximum Gasteiger partial charge on any atom is -0.00200 e. The van der Waals surface area contributed by atoms with Gasteiger partial charge in [0.15, 0.2) is 0 Å². The lowest BCUT2D eigenvalue weighted by molar-refractivity contribution is 0.312. The molecule has 2 rings (SSSR count). The second-order valence-corrected chi connectivity index (χ2v) is 4.94. The van der Waals surface area contributed by atoms with Crippen molar-refractivity contribution in [2.45, 2.75) is 51.4 Å². The fourth-order valence-corrected chi connectivity index (χ4v) is 2.91. The van der Waals surface area contributed by atoms with Crippen molar-refractivity contribution in [3.05, 3.63) is 0 Å². The maximum atomic E-state index is 3.46. The fraction of sp³-hybridized carbons (Fsp3) is 1.00. The molecule has 1 N–H and O–H groups in total. The molecule has 0 bridgehead atoms. The monoisotopic (exact) mass is 181 g/mol. The van der Waals surface area contributed by atoms with Gasteiger partial charge in [-0.3, -0.25) is 0 Å². The Hall–Kier alpha value is -0.0400. The van der Waals surface area contributed by atoms with Crippen LogP contribution in [0.15, 0.2) is 0 Å². The van der Waals surface area contributed by atoms with Crippen LogP contribution in [0.3, 0.4) is 0 Å². The Labute approximate surface area is 82.3 Å². The van der Waals surface area contributed by atoms with Crippen molar-refractivity contribution >= 4 is 0 Å². The molecule has 2 fully saturated rings. The lowest BCUT2D eigenvalue weighted by Crippen LogP contribution is -2.12. The van der Waals surface area contributed by atoms with E-state index in [1.165, 1.54) is 64.5 Å². The van der Waals surface area contributed by atoms with Gasteiger partial charge in [-0.05, 0) is 37.8 Å². The van der Waals surface area contributed by atoms with Gasteiger partial charge in [0.25, 0.3) is 0 Å². The Morgan fingerprint density at radius 2 is 1.62 bits per heavy atom. The third kappa shape index (κ3) is 2.98. The predicted molar refractivity (Wildman–Crippen MR) is 56.8 cm³/mol. The lowest BCUT2D eigenvalue weighted by Gasteiger charge is -2.22. The summed E-state index contributed by atoms with van der Waals surface area (Å²) in [6.45, 7) is 2.57. The molecule has 0 aromatic heterocycles. The van der Waals surface area contributed by atoms with Crippen molar-refractivity contribution in [2.24, 2.45) is 11.8 Å². The van der Waals surface area contributed by atoms with Gasteiger partial charge in [-0.1, -0.05) is 38.5 Å². The Bertz CT molecular complexity index is 132. The SMILES string of the molecule is C1CCC(CC[C@@H]2CCNC2)CC1. The quantitative estimate of drug-likeness (QED) is 0.706. The molecule has 1 aliphatic carbocycles. The van der Waals surface area contributed by atoms with Crippen LogP contribution in [0.2, 0.25) is 0 Å². The van der Waals surface area contributed by atoms with Gasteiger partial charge < -0.3 is 5.32 Å². The molecule has 0 spiro atoms. The molecule has 0 radical (unpaired) electrons. The zero-order valence-corrected chi connectivity index (χ0v) is 8.73. The normalized spacial score (nSPS) is 30.9. The van der Waals surface area contributed by atoms with Gasteiger partial charge in [-0.2, -0.15) is 0 Å². The van der Waals surface area contributed by atoms with E-state index in [1.807, 2.05) is 0 Å². The molecule has 1 saturated carbocycles. The molecule has 76 valence electrons. The maximum absolute atomic E-state index is 3.46. The minimum Gasteiger partial charge on any atom is -0.316 e. The average Bonchev–Trinajstić information content (AvgIpc) is 2.69. The molecule has 1 saturated heterocycles.